The zero-order chi connectivity index (χ0) is 25.3. The third-order valence-electron chi connectivity index (χ3n) is 5.69. The summed E-state index contributed by atoms with van der Waals surface area (Å²) in [7, 11) is 0. The van der Waals surface area contributed by atoms with E-state index in [0.717, 1.165) is 6.07 Å². The fraction of sp³-hybridized carbons (Fsp3) is 0.500. The van der Waals surface area contributed by atoms with E-state index in [0.29, 0.717) is 26.3 Å². The van der Waals surface area contributed by atoms with Gasteiger partial charge in [0.2, 0.25) is 5.82 Å². The van der Waals surface area contributed by atoms with E-state index in [9.17, 15) is 9.18 Å². The van der Waals surface area contributed by atoms with Crippen LogP contribution in [0.5, 0.6) is 5.88 Å². The van der Waals surface area contributed by atoms with Gasteiger partial charge in [0.25, 0.3) is 5.88 Å². The van der Waals surface area contributed by atoms with Gasteiger partial charge in [-0.2, -0.15) is 14.6 Å². The van der Waals surface area contributed by atoms with Crippen LogP contribution in [0.4, 0.5) is 25.1 Å². The monoisotopic (exact) mass is 487 g/mol. The number of fused-ring (bicyclic) bond motifs is 2. The molecule has 11 heteroatoms. The van der Waals surface area contributed by atoms with Gasteiger partial charge in [-0.25, -0.2) is 14.2 Å². The van der Waals surface area contributed by atoms with Gasteiger partial charge < -0.3 is 24.4 Å². The largest absolute Gasteiger partial charge is 0.471 e. The number of rotatable bonds is 4. The lowest BCUT2D eigenvalue weighted by molar-refractivity contribution is -0.114. The summed E-state index contributed by atoms with van der Waals surface area (Å²) in [6.07, 6.45) is -0.849. The second-order valence-corrected chi connectivity index (χ2v) is 9.70. The van der Waals surface area contributed by atoms with Crippen molar-refractivity contribution in [2.75, 3.05) is 31.6 Å². The predicted molar refractivity (Wildman–Crippen MR) is 121 cm³/mol. The minimum absolute atomic E-state index is 0.0390. The van der Waals surface area contributed by atoms with Gasteiger partial charge in [-0.05, 0) is 45.9 Å². The first-order valence-electron chi connectivity index (χ1n) is 11.3. The van der Waals surface area contributed by atoms with Crippen molar-refractivity contribution < 1.29 is 27.8 Å². The third-order valence-corrected chi connectivity index (χ3v) is 5.69. The molecule has 35 heavy (non-hydrogen) atoms. The molecule has 0 saturated carbocycles. The van der Waals surface area contributed by atoms with Crippen LogP contribution in [0.1, 0.15) is 32.2 Å². The Labute approximate surface area is 202 Å². The van der Waals surface area contributed by atoms with Gasteiger partial charge in [0, 0.05) is 24.9 Å². The van der Waals surface area contributed by atoms with Gasteiger partial charge in [0.1, 0.15) is 23.3 Å². The van der Waals surface area contributed by atoms with Crippen LogP contribution in [0, 0.1) is 41.7 Å². The topological polar surface area (TPSA) is 110 Å². The van der Waals surface area contributed by atoms with Crippen LogP contribution in [0.2, 0.25) is 0 Å². The Hall–Kier alpha value is -3.52. The summed E-state index contributed by atoms with van der Waals surface area (Å²) in [5.41, 5.74) is -0.513. The average molecular weight is 488 g/mol. The van der Waals surface area contributed by atoms with E-state index in [-0.39, 0.29) is 40.6 Å². The lowest BCUT2D eigenvalue weighted by Gasteiger charge is -2.46. The zero-order valence-corrected chi connectivity index (χ0v) is 20.0. The van der Waals surface area contributed by atoms with Gasteiger partial charge in [-0.3, -0.25) is 0 Å². The lowest BCUT2D eigenvalue weighted by Crippen LogP contribution is -2.59. The Morgan fingerprint density at radius 2 is 1.91 bits per heavy atom. The van der Waals surface area contributed by atoms with Crippen molar-refractivity contribution in [2.24, 2.45) is 11.8 Å². The maximum atomic E-state index is 15.3. The van der Waals surface area contributed by atoms with E-state index in [2.05, 4.69) is 15.3 Å². The predicted octanol–water partition coefficient (Wildman–Crippen LogP) is 3.94. The molecule has 2 bridgehead atoms. The van der Waals surface area contributed by atoms with E-state index >= 15 is 4.39 Å². The molecule has 1 N–H and O–H groups in total. The van der Waals surface area contributed by atoms with Crippen molar-refractivity contribution in [2.45, 2.75) is 39.4 Å². The number of piperidine rings is 1. The van der Waals surface area contributed by atoms with Gasteiger partial charge in [-0.15, -0.1) is 0 Å². The fourth-order valence-corrected chi connectivity index (χ4v) is 4.20. The van der Waals surface area contributed by atoms with Gasteiger partial charge in [0.15, 0.2) is 5.82 Å². The Kier molecular flexibility index (Phi) is 6.76. The maximum absolute atomic E-state index is 15.3. The summed E-state index contributed by atoms with van der Waals surface area (Å²) >= 11 is 0. The van der Waals surface area contributed by atoms with Gasteiger partial charge in [-0.1, -0.05) is 0 Å². The van der Waals surface area contributed by atoms with Crippen molar-refractivity contribution in [1.82, 2.24) is 14.9 Å². The van der Waals surface area contributed by atoms with Gasteiger partial charge in [0.05, 0.1) is 30.5 Å². The summed E-state index contributed by atoms with van der Waals surface area (Å²) < 4.78 is 46.9. The van der Waals surface area contributed by atoms with Crippen LogP contribution < -0.4 is 10.1 Å². The number of ether oxygens (including phenoxy) is 3. The Morgan fingerprint density at radius 3 is 2.51 bits per heavy atom. The number of amides is 1. The minimum Gasteiger partial charge on any atom is -0.471 e. The van der Waals surface area contributed by atoms with Crippen LogP contribution in [0.15, 0.2) is 18.2 Å². The number of nitriles is 1. The quantitative estimate of drug-likeness (QED) is 0.691. The molecule has 3 heterocycles. The third kappa shape index (κ3) is 5.59. The Morgan fingerprint density at radius 1 is 1.23 bits per heavy atom. The van der Waals surface area contributed by atoms with Crippen LogP contribution in [0.25, 0.3) is 0 Å². The number of benzene rings is 1. The molecule has 4 rings (SSSR count). The van der Waals surface area contributed by atoms with E-state index in [1.54, 1.807) is 32.6 Å². The number of halogens is 2. The number of carbonyl (C=O) groups excluding carboxylic acids is 1. The number of aryl methyl sites for hydroxylation is 1. The number of hydrogen-bond donors (Lipinski definition) is 1. The molecule has 2 saturated heterocycles. The first kappa shape index (κ1) is 24.6. The molecule has 2 atom stereocenters. The molecule has 0 aliphatic carbocycles. The van der Waals surface area contributed by atoms with Crippen LogP contribution in [0.3, 0.4) is 0 Å². The summed E-state index contributed by atoms with van der Waals surface area (Å²) in [5.74, 6) is -2.29. The number of nitrogens with zero attached hydrogens (tertiary/aromatic N) is 4. The fourth-order valence-electron chi connectivity index (χ4n) is 4.20. The number of nitrogens with one attached hydrogen (secondary N) is 1. The zero-order valence-electron chi connectivity index (χ0n) is 20.0. The van der Waals surface area contributed by atoms with Crippen LogP contribution >= 0.6 is 0 Å². The SMILES string of the molecule is Cc1nc(Nc2ccc(C#N)cc2F)c(F)c(OC2C3COCC2CN(C(=O)OC(C)(C)C)C3)n1. The van der Waals surface area contributed by atoms with Crippen LogP contribution in [-0.2, 0) is 9.47 Å². The number of carbonyl (C=O) groups is 1. The number of hydrogen-bond acceptors (Lipinski definition) is 8. The highest BCUT2D eigenvalue weighted by Gasteiger charge is 2.45. The number of aromatic nitrogens is 2. The highest BCUT2D eigenvalue weighted by atomic mass is 19.1. The second kappa shape index (κ2) is 9.62. The summed E-state index contributed by atoms with van der Waals surface area (Å²) in [5, 5.41) is 11.5. The van der Waals surface area contributed by atoms with E-state index in [4.69, 9.17) is 19.5 Å². The van der Waals surface area contributed by atoms with Gasteiger partial charge >= 0.3 is 6.09 Å². The maximum Gasteiger partial charge on any atom is 0.410 e. The molecule has 2 aliphatic heterocycles. The van der Waals surface area contributed by atoms with E-state index < -0.39 is 29.4 Å². The molecule has 0 radical (unpaired) electrons. The summed E-state index contributed by atoms with van der Waals surface area (Å²) in [6.45, 7) is 8.34. The molecule has 1 aromatic carbocycles. The summed E-state index contributed by atoms with van der Waals surface area (Å²) in [6, 6.07) is 5.63. The van der Waals surface area contributed by atoms with Crippen molar-refractivity contribution in [3.05, 3.63) is 41.2 Å². The highest BCUT2D eigenvalue weighted by molar-refractivity contribution is 5.68. The van der Waals surface area contributed by atoms with Crippen molar-refractivity contribution in [1.29, 1.82) is 5.26 Å². The normalized spacial score (nSPS) is 21.7. The Bertz CT molecular complexity index is 1150. The molecule has 2 unspecified atom stereocenters. The molecular formula is C24H27F2N5O4. The number of anilines is 2. The smallest absolute Gasteiger partial charge is 0.410 e. The van der Waals surface area contributed by atoms with Crippen molar-refractivity contribution >= 4 is 17.6 Å². The molecule has 2 fully saturated rings. The average Bonchev–Trinajstić information content (AvgIpc) is 2.76. The molecule has 186 valence electrons. The van der Waals surface area contributed by atoms with Crippen molar-refractivity contribution in [3.8, 4) is 11.9 Å². The molecule has 1 aromatic heterocycles. The highest BCUT2D eigenvalue weighted by Crippen LogP contribution is 2.34. The summed E-state index contributed by atoms with van der Waals surface area (Å²) in [4.78, 5) is 22.4. The second-order valence-electron chi connectivity index (χ2n) is 9.70. The van der Waals surface area contributed by atoms with E-state index in [1.807, 2.05) is 6.07 Å². The number of likely N-dealkylation sites (tertiary alicyclic amines) is 1. The first-order chi connectivity index (χ1) is 16.5. The molecular weight excluding hydrogens is 460 g/mol. The first-order valence-corrected chi connectivity index (χ1v) is 11.3. The van der Waals surface area contributed by atoms with Crippen molar-refractivity contribution in [3.63, 3.8) is 0 Å². The molecule has 1 amide bonds. The van der Waals surface area contributed by atoms with Crippen LogP contribution in [-0.4, -0.2) is 59.0 Å². The molecule has 9 nitrogen and oxygen atoms in total. The lowest BCUT2D eigenvalue weighted by atomic mass is 9.84. The molecule has 0 spiro atoms. The standard InChI is InChI=1S/C24H27F2N5O4/c1-13-28-21(30-18-6-5-14(8-27)7-17(18)25)19(26)22(29-13)34-20-15-9-31(10-16(20)12-33-11-15)23(32)35-24(2,3)4/h5-7,15-16,20H,9-12H2,1-4H3,(H,28,29,30). The molecule has 2 aliphatic rings. The van der Waals surface area contributed by atoms with E-state index in [1.165, 1.54) is 12.1 Å². The Balaban J connectivity index is 1.53. The minimum atomic E-state index is -0.868. The molecule has 2 aromatic rings.